The smallest absolute Gasteiger partial charge is 0.314 e. The van der Waals surface area contributed by atoms with Gasteiger partial charge in [0.2, 0.25) is 0 Å². The van der Waals surface area contributed by atoms with Gasteiger partial charge in [-0.15, -0.1) is 0 Å². The summed E-state index contributed by atoms with van der Waals surface area (Å²) in [6.45, 7) is 1.67. The van der Waals surface area contributed by atoms with Gasteiger partial charge < -0.3 is 5.32 Å². The Balaban J connectivity index is 1.85. The maximum absolute atomic E-state index is 13.2. The molecule has 116 valence electrons. The molecule has 0 spiro atoms. The topological polar surface area (TPSA) is 15.3 Å². The third-order valence-electron chi connectivity index (χ3n) is 4.60. The number of halogens is 3. The lowest BCUT2D eigenvalue weighted by Crippen LogP contribution is -2.31. The number of nitrogens with one attached hydrogen (secondary N) is 1. The van der Waals surface area contributed by atoms with Crippen LogP contribution in [0.5, 0.6) is 0 Å². The predicted octanol–water partition coefficient (Wildman–Crippen LogP) is 3.45. The largest absolute Gasteiger partial charge is 0.416 e. The van der Waals surface area contributed by atoms with E-state index >= 15 is 0 Å². The maximum Gasteiger partial charge on any atom is 0.416 e. The van der Waals surface area contributed by atoms with E-state index in [2.05, 4.69) is 10.2 Å². The van der Waals surface area contributed by atoms with Crippen LogP contribution in [0.4, 0.5) is 13.2 Å². The van der Waals surface area contributed by atoms with Gasteiger partial charge in [0.25, 0.3) is 0 Å². The summed E-state index contributed by atoms with van der Waals surface area (Å²) in [7, 11) is 1.93. The standard InChI is InChI=1S/C16H21F3N2/c1-21-9-8-11(10-20-12-6-7-12)15(21)13-4-2-3-5-14(13)16(17,18)19/h2-5,11-12,15,20H,6-10H2,1H3. The molecule has 1 saturated heterocycles. The maximum atomic E-state index is 13.2. The second-order valence-corrected chi connectivity index (χ2v) is 6.24. The molecule has 1 aromatic carbocycles. The lowest BCUT2D eigenvalue weighted by molar-refractivity contribution is -0.138. The summed E-state index contributed by atoms with van der Waals surface area (Å²) in [6, 6.07) is 6.47. The average Bonchev–Trinajstić information content (AvgIpc) is 3.19. The van der Waals surface area contributed by atoms with Gasteiger partial charge >= 0.3 is 6.18 Å². The summed E-state index contributed by atoms with van der Waals surface area (Å²) in [6.07, 6.45) is -0.930. The highest BCUT2D eigenvalue weighted by molar-refractivity contribution is 5.33. The Labute approximate surface area is 123 Å². The van der Waals surface area contributed by atoms with Gasteiger partial charge in [0.15, 0.2) is 0 Å². The monoisotopic (exact) mass is 298 g/mol. The van der Waals surface area contributed by atoms with E-state index in [1.54, 1.807) is 12.1 Å². The molecule has 1 heterocycles. The molecule has 1 aliphatic carbocycles. The van der Waals surface area contributed by atoms with Crippen molar-refractivity contribution in [1.82, 2.24) is 10.2 Å². The van der Waals surface area contributed by atoms with Crippen LogP contribution in [0.1, 0.15) is 36.4 Å². The number of alkyl halides is 3. The Hall–Kier alpha value is -1.07. The first-order valence-electron chi connectivity index (χ1n) is 7.56. The van der Waals surface area contributed by atoms with Crippen LogP contribution in [0.15, 0.2) is 24.3 Å². The third-order valence-corrected chi connectivity index (χ3v) is 4.60. The Bertz CT molecular complexity index is 497. The van der Waals surface area contributed by atoms with Crippen molar-refractivity contribution in [3.63, 3.8) is 0 Å². The molecule has 0 bridgehead atoms. The highest BCUT2D eigenvalue weighted by atomic mass is 19.4. The molecule has 2 unspecified atom stereocenters. The van der Waals surface area contributed by atoms with Crippen molar-refractivity contribution >= 4 is 0 Å². The van der Waals surface area contributed by atoms with E-state index < -0.39 is 11.7 Å². The van der Waals surface area contributed by atoms with Gasteiger partial charge in [-0.3, -0.25) is 4.90 Å². The SMILES string of the molecule is CN1CCC(CNC2CC2)C1c1ccccc1C(F)(F)F. The summed E-state index contributed by atoms with van der Waals surface area (Å²) in [5.74, 6) is 0.249. The van der Waals surface area contributed by atoms with Gasteiger partial charge in [-0.25, -0.2) is 0 Å². The lowest BCUT2D eigenvalue weighted by Gasteiger charge is -2.28. The van der Waals surface area contributed by atoms with Crippen molar-refractivity contribution in [3.8, 4) is 0 Å². The van der Waals surface area contributed by atoms with E-state index in [1.165, 1.54) is 25.0 Å². The molecule has 0 radical (unpaired) electrons. The van der Waals surface area contributed by atoms with Crippen LogP contribution in [-0.4, -0.2) is 31.1 Å². The summed E-state index contributed by atoms with van der Waals surface area (Å²) < 4.78 is 39.7. The fraction of sp³-hybridized carbons (Fsp3) is 0.625. The van der Waals surface area contributed by atoms with E-state index in [4.69, 9.17) is 0 Å². The van der Waals surface area contributed by atoms with Gasteiger partial charge in [-0.2, -0.15) is 13.2 Å². The molecule has 2 nitrogen and oxygen atoms in total. The highest BCUT2D eigenvalue weighted by Crippen LogP contribution is 2.42. The molecule has 21 heavy (non-hydrogen) atoms. The Morgan fingerprint density at radius 2 is 1.90 bits per heavy atom. The molecular formula is C16H21F3N2. The summed E-state index contributed by atoms with van der Waals surface area (Å²) in [5, 5.41) is 3.47. The van der Waals surface area contributed by atoms with Gasteiger partial charge in [0.1, 0.15) is 0 Å². The van der Waals surface area contributed by atoms with Crippen LogP contribution in [0.25, 0.3) is 0 Å². The minimum atomic E-state index is -4.28. The van der Waals surface area contributed by atoms with Crippen LogP contribution >= 0.6 is 0 Å². The second kappa shape index (κ2) is 5.61. The first-order valence-corrected chi connectivity index (χ1v) is 7.56. The summed E-state index contributed by atoms with van der Waals surface area (Å²) in [5.41, 5.74) is -0.0623. The van der Waals surface area contributed by atoms with Crippen molar-refractivity contribution in [1.29, 1.82) is 0 Å². The molecule has 5 heteroatoms. The third kappa shape index (κ3) is 3.24. The van der Waals surface area contributed by atoms with Gasteiger partial charge in [-0.1, -0.05) is 18.2 Å². The molecule has 0 amide bonds. The van der Waals surface area contributed by atoms with Gasteiger partial charge in [0.05, 0.1) is 5.56 Å². The van der Waals surface area contributed by atoms with E-state index in [0.29, 0.717) is 11.6 Å². The van der Waals surface area contributed by atoms with E-state index in [1.807, 2.05) is 7.05 Å². The number of benzene rings is 1. The minimum absolute atomic E-state index is 0.144. The quantitative estimate of drug-likeness (QED) is 0.916. The highest BCUT2D eigenvalue weighted by Gasteiger charge is 2.40. The normalized spacial score (nSPS) is 27.2. The molecule has 1 aromatic rings. The van der Waals surface area contributed by atoms with Crippen LogP contribution in [-0.2, 0) is 6.18 Å². The zero-order chi connectivity index (χ0) is 15.0. The van der Waals surface area contributed by atoms with Crippen LogP contribution < -0.4 is 5.32 Å². The summed E-state index contributed by atoms with van der Waals surface area (Å²) in [4.78, 5) is 2.06. The number of nitrogens with zero attached hydrogens (tertiary/aromatic N) is 1. The fourth-order valence-electron chi connectivity index (χ4n) is 3.35. The molecule has 2 aliphatic rings. The molecule has 1 saturated carbocycles. The number of rotatable bonds is 4. The second-order valence-electron chi connectivity index (χ2n) is 6.24. The fourth-order valence-corrected chi connectivity index (χ4v) is 3.35. The number of hydrogen-bond acceptors (Lipinski definition) is 2. The van der Waals surface area contributed by atoms with Crippen molar-refractivity contribution in [2.45, 2.75) is 37.5 Å². The van der Waals surface area contributed by atoms with Crippen molar-refractivity contribution in [2.24, 2.45) is 5.92 Å². The molecule has 1 aliphatic heterocycles. The molecule has 2 atom stereocenters. The molecule has 2 fully saturated rings. The Morgan fingerprint density at radius 1 is 1.19 bits per heavy atom. The van der Waals surface area contributed by atoms with Crippen LogP contribution in [0, 0.1) is 5.92 Å². The van der Waals surface area contributed by atoms with E-state index in [-0.39, 0.29) is 12.0 Å². The van der Waals surface area contributed by atoms with Crippen LogP contribution in [0.3, 0.4) is 0 Å². The average molecular weight is 298 g/mol. The van der Waals surface area contributed by atoms with Crippen molar-refractivity contribution in [2.75, 3.05) is 20.1 Å². The Kier molecular flexibility index (Phi) is 3.97. The van der Waals surface area contributed by atoms with Crippen molar-refractivity contribution < 1.29 is 13.2 Å². The molecule has 3 rings (SSSR count). The van der Waals surface area contributed by atoms with Crippen LogP contribution in [0.2, 0.25) is 0 Å². The molecule has 0 aromatic heterocycles. The van der Waals surface area contributed by atoms with Crippen molar-refractivity contribution in [3.05, 3.63) is 35.4 Å². The van der Waals surface area contributed by atoms with E-state index in [9.17, 15) is 13.2 Å². The minimum Gasteiger partial charge on any atom is -0.314 e. The Morgan fingerprint density at radius 3 is 2.57 bits per heavy atom. The van der Waals surface area contributed by atoms with Gasteiger partial charge in [-0.05, 0) is 50.4 Å². The first-order chi connectivity index (χ1) is 9.97. The van der Waals surface area contributed by atoms with Gasteiger partial charge in [0, 0.05) is 18.6 Å². The first kappa shape index (κ1) is 14.9. The zero-order valence-corrected chi connectivity index (χ0v) is 12.2. The van der Waals surface area contributed by atoms with E-state index in [0.717, 1.165) is 19.5 Å². The number of likely N-dealkylation sites (tertiary alicyclic amines) is 1. The molecule has 1 N–H and O–H groups in total. The molecular weight excluding hydrogens is 277 g/mol. The summed E-state index contributed by atoms with van der Waals surface area (Å²) >= 11 is 0. The zero-order valence-electron chi connectivity index (χ0n) is 12.2. The number of hydrogen-bond donors (Lipinski definition) is 1. The predicted molar refractivity (Wildman–Crippen MR) is 75.9 cm³/mol. The lowest BCUT2D eigenvalue weighted by atomic mass is 9.90.